The van der Waals surface area contributed by atoms with Crippen LogP contribution in [-0.2, 0) is 5.92 Å². The summed E-state index contributed by atoms with van der Waals surface area (Å²) >= 11 is 0. The van der Waals surface area contributed by atoms with Crippen LogP contribution in [0.4, 0.5) is 8.78 Å². The van der Waals surface area contributed by atoms with E-state index in [1.54, 1.807) is 13.8 Å². The molecule has 78 valence electrons. The van der Waals surface area contributed by atoms with Crippen LogP contribution in [-0.4, -0.2) is 5.11 Å². The molecule has 0 unspecified atom stereocenters. The number of alkyl halides is 2. The number of phenols is 1. The lowest BCUT2D eigenvalue weighted by Gasteiger charge is -2.18. The van der Waals surface area contributed by atoms with Gasteiger partial charge < -0.3 is 5.11 Å². The topological polar surface area (TPSA) is 20.2 Å². The van der Waals surface area contributed by atoms with Gasteiger partial charge in [0.2, 0.25) is 0 Å². The van der Waals surface area contributed by atoms with Gasteiger partial charge in [-0.05, 0) is 18.1 Å². The average Bonchev–Trinajstić information content (AvgIpc) is 2.01. The number of hydrogen-bond acceptors (Lipinski definition) is 1. The third-order valence-electron chi connectivity index (χ3n) is 1.93. The standard InChI is InChI=1S/C11H14F2O/c1-8(2)7-11(12,13)9-4-3-5-10(14)6-9/h3-6,8,14H,7H2,1-2H3. The van der Waals surface area contributed by atoms with Gasteiger partial charge in [-0.3, -0.25) is 0 Å². The molecule has 0 heterocycles. The van der Waals surface area contributed by atoms with Crippen LogP contribution >= 0.6 is 0 Å². The molecule has 1 rings (SSSR count). The maximum atomic E-state index is 13.5. The first-order chi connectivity index (χ1) is 6.42. The van der Waals surface area contributed by atoms with Gasteiger partial charge in [-0.25, -0.2) is 8.78 Å². The number of benzene rings is 1. The molecule has 0 aromatic heterocycles. The van der Waals surface area contributed by atoms with Gasteiger partial charge in [0.1, 0.15) is 5.75 Å². The minimum Gasteiger partial charge on any atom is -0.508 e. The number of hydrogen-bond donors (Lipinski definition) is 1. The smallest absolute Gasteiger partial charge is 0.273 e. The van der Waals surface area contributed by atoms with Crippen molar-refractivity contribution in [3.8, 4) is 5.75 Å². The van der Waals surface area contributed by atoms with Crippen molar-refractivity contribution < 1.29 is 13.9 Å². The Morgan fingerprint density at radius 3 is 2.50 bits per heavy atom. The maximum Gasteiger partial charge on any atom is 0.273 e. The van der Waals surface area contributed by atoms with Crippen LogP contribution in [0.25, 0.3) is 0 Å². The van der Waals surface area contributed by atoms with E-state index >= 15 is 0 Å². The Morgan fingerprint density at radius 1 is 1.36 bits per heavy atom. The summed E-state index contributed by atoms with van der Waals surface area (Å²) in [6.45, 7) is 3.49. The molecule has 0 saturated carbocycles. The summed E-state index contributed by atoms with van der Waals surface area (Å²) in [5.74, 6) is -3.05. The monoisotopic (exact) mass is 200 g/mol. The van der Waals surface area contributed by atoms with Gasteiger partial charge in [-0.2, -0.15) is 0 Å². The van der Waals surface area contributed by atoms with Crippen LogP contribution in [0.2, 0.25) is 0 Å². The number of halogens is 2. The van der Waals surface area contributed by atoms with E-state index in [0.717, 1.165) is 6.07 Å². The molecule has 0 aliphatic heterocycles. The third kappa shape index (κ3) is 2.69. The van der Waals surface area contributed by atoms with Crippen LogP contribution in [0.3, 0.4) is 0 Å². The van der Waals surface area contributed by atoms with Gasteiger partial charge >= 0.3 is 0 Å². The zero-order valence-electron chi connectivity index (χ0n) is 8.30. The Kier molecular flexibility index (Phi) is 3.09. The molecule has 3 heteroatoms. The molecule has 1 aromatic carbocycles. The predicted molar refractivity (Wildman–Crippen MR) is 51.5 cm³/mol. The lowest BCUT2D eigenvalue weighted by molar-refractivity contribution is -0.0251. The van der Waals surface area contributed by atoms with E-state index < -0.39 is 5.92 Å². The highest BCUT2D eigenvalue weighted by molar-refractivity contribution is 5.30. The summed E-state index contributed by atoms with van der Waals surface area (Å²) < 4.78 is 27.0. The van der Waals surface area contributed by atoms with Gasteiger partial charge in [-0.1, -0.05) is 26.0 Å². The predicted octanol–water partition coefficient (Wildman–Crippen LogP) is 3.53. The third-order valence-corrected chi connectivity index (χ3v) is 1.93. The van der Waals surface area contributed by atoms with Crippen molar-refractivity contribution in [1.82, 2.24) is 0 Å². The highest BCUT2D eigenvalue weighted by atomic mass is 19.3. The second kappa shape index (κ2) is 3.95. The maximum absolute atomic E-state index is 13.5. The van der Waals surface area contributed by atoms with Crippen molar-refractivity contribution in [3.63, 3.8) is 0 Å². The van der Waals surface area contributed by atoms with Crippen LogP contribution < -0.4 is 0 Å². The Balaban J connectivity index is 2.91. The lowest BCUT2D eigenvalue weighted by atomic mass is 9.98. The first-order valence-electron chi connectivity index (χ1n) is 4.59. The average molecular weight is 200 g/mol. The fourth-order valence-electron chi connectivity index (χ4n) is 1.36. The van der Waals surface area contributed by atoms with Crippen molar-refractivity contribution in [2.24, 2.45) is 5.92 Å². The van der Waals surface area contributed by atoms with Gasteiger partial charge in [0.25, 0.3) is 5.92 Å². The molecule has 0 bridgehead atoms. The summed E-state index contributed by atoms with van der Waals surface area (Å²) in [5.41, 5.74) is -0.119. The Morgan fingerprint density at radius 2 is 2.00 bits per heavy atom. The molecule has 0 fully saturated rings. The van der Waals surface area contributed by atoms with Crippen molar-refractivity contribution in [1.29, 1.82) is 0 Å². The van der Waals surface area contributed by atoms with Crippen LogP contribution in [0.15, 0.2) is 24.3 Å². The summed E-state index contributed by atoms with van der Waals surface area (Å²) in [6, 6.07) is 5.26. The largest absolute Gasteiger partial charge is 0.508 e. The van der Waals surface area contributed by atoms with Crippen LogP contribution in [0.1, 0.15) is 25.8 Å². The summed E-state index contributed by atoms with van der Waals surface area (Å²) in [7, 11) is 0. The summed E-state index contributed by atoms with van der Waals surface area (Å²) in [5, 5.41) is 9.08. The van der Waals surface area contributed by atoms with Crippen LogP contribution in [0.5, 0.6) is 5.75 Å². The summed E-state index contributed by atoms with van der Waals surface area (Å²) in [6.07, 6.45) is -0.198. The first-order valence-corrected chi connectivity index (χ1v) is 4.59. The fourth-order valence-corrected chi connectivity index (χ4v) is 1.36. The minimum atomic E-state index is -2.85. The van der Waals surface area contributed by atoms with E-state index in [-0.39, 0.29) is 23.7 Å². The molecule has 0 atom stereocenters. The molecule has 0 aliphatic carbocycles. The fraction of sp³-hybridized carbons (Fsp3) is 0.455. The molecule has 1 aromatic rings. The van der Waals surface area contributed by atoms with Gasteiger partial charge in [0, 0.05) is 12.0 Å². The van der Waals surface area contributed by atoms with Crippen molar-refractivity contribution in [2.75, 3.05) is 0 Å². The highest BCUT2D eigenvalue weighted by Gasteiger charge is 2.32. The van der Waals surface area contributed by atoms with E-state index in [9.17, 15) is 8.78 Å². The minimum absolute atomic E-state index is 0.0765. The van der Waals surface area contributed by atoms with E-state index in [2.05, 4.69) is 0 Å². The lowest BCUT2D eigenvalue weighted by Crippen LogP contribution is -2.15. The van der Waals surface area contributed by atoms with Crippen LogP contribution in [0, 0.1) is 5.92 Å². The molecule has 0 aliphatic rings. The highest BCUT2D eigenvalue weighted by Crippen LogP contribution is 2.35. The van der Waals surface area contributed by atoms with Gasteiger partial charge in [0.05, 0.1) is 0 Å². The normalized spacial score (nSPS) is 12.1. The quantitative estimate of drug-likeness (QED) is 0.791. The molecular weight excluding hydrogens is 186 g/mol. The zero-order chi connectivity index (χ0) is 10.8. The summed E-state index contributed by atoms with van der Waals surface area (Å²) in [4.78, 5) is 0. The number of rotatable bonds is 3. The molecule has 14 heavy (non-hydrogen) atoms. The molecule has 0 saturated heterocycles. The Bertz CT molecular complexity index is 308. The second-order valence-electron chi connectivity index (χ2n) is 3.85. The zero-order valence-corrected chi connectivity index (χ0v) is 8.30. The SMILES string of the molecule is CC(C)CC(F)(F)c1cccc(O)c1. The van der Waals surface area contributed by atoms with E-state index in [4.69, 9.17) is 5.11 Å². The van der Waals surface area contributed by atoms with Crippen molar-refractivity contribution in [2.45, 2.75) is 26.2 Å². The van der Waals surface area contributed by atoms with E-state index in [1.165, 1.54) is 18.2 Å². The number of phenolic OH excluding ortho intramolecular Hbond substituents is 1. The molecular formula is C11H14F2O. The van der Waals surface area contributed by atoms with E-state index in [1.807, 2.05) is 0 Å². The molecule has 0 amide bonds. The second-order valence-corrected chi connectivity index (χ2v) is 3.85. The molecule has 1 nitrogen and oxygen atoms in total. The molecule has 0 radical (unpaired) electrons. The molecule has 0 spiro atoms. The van der Waals surface area contributed by atoms with E-state index in [0.29, 0.717) is 0 Å². The van der Waals surface area contributed by atoms with Gasteiger partial charge in [-0.15, -0.1) is 0 Å². The Labute approximate surface area is 82.4 Å². The number of aromatic hydroxyl groups is 1. The van der Waals surface area contributed by atoms with Crippen molar-refractivity contribution in [3.05, 3.63) is 29.8 Å². The van der Waals surface area contributed by atoms with Crippen molar-refractivity contribution >= 4 is 0 Å². The first kappa shape index (κ1) is 11.0. The van der Waals surface area contributed by atoms with Gasteiger partial charge in [0.15, 0.2) is 0 Å². The Hall–Kier alpha value is -1.12. The molecule has 1 N–H and O–H groups in total.